The lowest BCUT2D eigenvalue weighted by Gasteiger charge is -2.27. The number of aliphatic hydroxyl groups is 1. The molecule has 0 saturated heterocycles. The van der Waals surface area contributed by atoms with Crippen LogP contribution >= 0.6 is 0 Å². The Morgan fingerprint density at radius 1 is 1.56 bits per heavy atom. The Morgan fingerprint density at radius 3 is 3.11 bits per heavy atom. The number of hydrogen-bond acceptors (Lipinski definition) is 5. The van der Waals surface area contributed by atoms with Crippen molar-refractivity contribution in [1.29, 1.82) is 0 Å². The molecule has 6 heteroatoms. The maximum Gasteiger partial charge on any atom is 0.499 e. The molecule has 0 bridgehead atoms. The van der Waals surface area contributed by atoms with Crippen LogP contribution < -0.4 is 15.9 Å². The predicted octanol–water partition coefficient (Wildman–Crippen LogP) is -0.428. The highest BCUT2D eigenvalue weighted by Gasteiger charge is 2.46. The minimum absolute atomic E-state index is 0.122. The molecule has 2 aliphatic rings. The van der Waals surface area contributed by atoms with Gasteiger partial charge in [0.25, 0.3) is 0 Å². The molecule has 0 spiro atoms. The third-order valence-corrected chi connectivity index (χ3v) is 3.44. The number of nitrogens with two attached hydrogens (primary N) is 1. The Balaban J connectivity index is 2.04. The van der Waals surface area contributed by atoms with E-state index < -0.39 is 12.7 Å². The lowest BCUT2D eigenvalue weighted by molar-refractivity contribution is -0.0265. The summed E-state index contributed by atoms with van der Waals surface area (Å²) in [6.07, 6.45) is -0.172. The van der Waals surface area contributed by atoms with Crippen molar-refractivity contribution in [3.8, 4) is 5.75 Å². The molecule has 18 heavy (non-hydrogen) atoms. The lowest BCUT2D eigenvalue weighted by atomic mass is 9.77. The Bertz CT molecular complexity index is 469. The summed E-state index contributed by atoms with van der Waals surface area (Å²) in [5.41, 5.74) is 6.87. The molecule has 0 radical (unpaired) electrons. The maximum absolute atomic E-state index is 9.42. The van der Waals surface area contributed by atoms with Crippen molar-refractivity contribution in [2.24, 2.45) is 5.73 Å². The molecule has 2 atom stereocenters. The van der Waals surface area contributed by atoms with Crippen molar-refractivity contribution < 1.29 is 19.2 Å². The Labute approximate surface area is 106 Å². The van der Waals surface area contributed by atoms with Crippen LogP contribution in [0.4, 0.5) is 0 Å². The molecule has 2 aliphatic heterocycles. The van der Waals surface area contributed by atoms with Gasteiger partial charge < -0.3 is 24.9 Å². The van der Waals surface area contributed by atoms with Crippen LogP contribution in [0.25, 0.3) is 0 Å². The van der Waals surface area contributed by atoms with E-state index in [0.29, 0.717) is 13.2 Å². The molecule has 2 unspecified atom stereocenters. The van der Waals surface area contributed by atoms with Gasteiger partial charge in [-0.05, 0) is 18.6 Å². The zero-order valence-electron chi connectivity index (χ0n) is 10.3. The van der Waals surface area contributed by atoms with Gasteiger partial charge in [0.1, 0.15) is 18.0 Å². The van der Waals surface area contributed by atoms with E-state index in [4.69, 9.17) is 19.8 Å². The highest BCUT2D eigenvalue weighted by Crippen LogP contribution is 2.32. The minimum atomic E-state index is -0.759. The second-order valence-electron chi connectivity index (χ2n) is 4.97. The van der Waals surface area contributed by atoms with E-state index in [9.17, 15) is 5.11 Å². The Hall–Kier alpha value is -1.08. The van der Waals surface area contributed by atoms with Crippen LogP contribution in [-0.2, 0) is 9.31 Å². The first-order valence-electron chi connectivity index (χ1n) is 6.07. The second kappa shape index (κ2) is 4.24. The molecule has 1 aromatic carbocycles. The van der Waals surface area contributed by atoms with Crippen LogP contribution in [0.5, 0.6) is 5.75 Å². The van der Waals surface area contributed by atoms with Gasteiger partial charge in [-0.25, -0.2) is 0 Å². The number of benzene rings is 1. The van der Waals surface area contributed by atoms with Gasteiger partial charge >= 0.3 is 7.12 Å². The first kappa shape index (κ1) is 12.0. The Kier molecular flexibility index (Phi) is 2.82. The van der Waals surface area contributed by atoms with Gasteiger partial charge in [0.05, 0.1) is 12.7 Å². The predicted molar refractivity (Wildman–Crippen MR) is 66.8 cm³/mol. The van der Waals surface area contributed by atoms with Gasteiger partial charge in [0.2, 0.25) is 0 Å². The topological polar surface area (TPSA) is 73.9 Å². The zero-order chi connectivity index (χ0) is 12.8. The van der Waals surface area contributed by atoms with Gasteiger partial charge in [-0.15, -0.1) is 0 Å². The fraction of sp³-hybridized carbons (Fsp3) is 0.500. The van der Waals surface area contributed by atoms with Crippen molar-refractivity contribution in [2.45, 2.75) is 18.6 Å². The van der Waals surface area contributed by atoms with Gasteiger partial charge in [-0.2, -0.15) is 0 Å². The van der Waals surface area contributed by atoms with Crippen LogP contribution in [0.1, 0.15) is 18.6 Å². The molecule has 0 saturated carbocycles. The van der Waals surface area contributed by atoms with Gasteiger partial charge in [0, 0.05) is 12.0 Å². The summed E-state index contributed by atoms with van der Waals surface area (Å²) in [6.45, 7) is 2.38. The van der Waals surface area contributed by atoms with E-state index in [1.54, 1.807) is 6.92 Å². The molecule has 0 aromatic heterocycles. The molecule has 96 valence electrons. The van der Waals surface area contributed by atoms with Crippen LogP contribution in [0.2, 0.25) is 0 Å². The molecule has 2 heterocycles. The normalized spacial score (nSPS) is 29.7. The molecular weight excluding hydrogens is 233 g/mol. The molecule has 1 aromatic rings. The van der Waals surface area contributed by atoms with E-state index in [1.165, 1.54) is 0 Å². The lowest BCUT2D eigenvalue weighted by Crippen LogP contribution is -2.45. The van der Waals surface area contributed by atoms with Crippen molar-refractivity contribution in [3.05, 3.63) is 23.8 Å². The van der Waals surface area contributed by atoms with Crippen LogP contribution in [0.15, 0.2) is 18.2 Å². The van der Waals surface area contributed by atoms with Gasteiger partial charge in [0.15, 0.2) is 0 Å². The molecule has 0 fully saturated rings. The van der Waals surface area contributed by atoms with Gasteiger partial charge in [-0.1, -0.05) is 12.1 Å². The molecular formula is C12H16BNO4. The number of hydrogen-bond donors (Lipinski definition) is 2. The van der Waals surface area contributed by atoms with Crippen molar-refractivity contribution in [1.82, 2.24) is 0 Å². The molecule has 0 aliphatic carbocycles. The summed E-state index contributed by atoms with van der Waals surface area (Å²) >= 11 is 0. The van der Waals surface area contributed by atoms with E-state index in [0.717, 1.165) is 16.8 Å². The Morgan fingerprint density at radius 2 is 2.39 bits per heavy atom. The average Bonchev–Trinajstić information content (AvgIpc) is 2.67. The molecule has 5 nitrogen and oxygen atoms in total. The van der Waals surface area contributed by atoms with Crippen LogP contribution in [0, 0.1) is 0 Å². The molecule has 3 N–H and O–H groups in total. The second-order valence-corrected chi connectivity index (χ2v) is 4.97. The number of ether oxygens (including phenoxy) is 1. The number of rotatable bonds is 2. The average molecular weight is 249 g/mol. The molecule has 0 amide bonds. The summed E-state index contributed by atoms with van der Waals surface area (Å²) in [5.74, 6) is 0.755. The summed E-state index contributed by atoms with van der Waals surface area (Å²) in [4.78, 5) is 0. The third kappa shape index (κ3) is 1.73. The van der Waals surface area contributed by atoms with E-state index in [2.05, 4.69) is 0 Å². The minimum Gasteiger partial charge on any atom is -0.491 e. The maximum atomic E-state index is 9.42. The summed E-state index contributed by atoms with van der Waals surface area (Å²) in [7, 11) is -0.510. The fourth-order valence-electron chi connectivity index (χ4n) is 2.39. The first-order chi connectivity index (χ1) is 8.67. The highest BCUT2D eigenvalue weighted by atomic mass is 16.6. The molecule has 3 rings (SSSR count). The monoisotopic (exact) mass is 249 g/mol. The highest BCUT2D eigenvalue weighted by molar-refractivity contribution is 6.64. The van der Waals surface area contributed by atoms with E-state index in [1.807, 2.05) is 18.2 Å². The van der Waals surface area contributed by atoms with E-state index >= 15 is 0 Å². The summed E-state index contributed by atoms with van der Waals surface area (Å²) in [5, 5.41) is 9.42. The summed E-state index contributed by atoms with van der Waals surface area (Å²) < 4.78 is 17.4. The smallest absolute Gasteiger partial charge is 0.491 e. The van der Waals surface area contributed by atoms with Crippen molar-refractivity contribution in [2.75, 3.05) is 19.8 Å². The van der Waals surface area contributed by atoms with Gasteiger partial charge in [-0.3, -0.25) is 0 Å². The standard InChI is InChI=1S/C12H16BNO4/c1-12(6-15)7-16-9-4-2-3-8-10(5-14)17-13(18-12)11(8)9/h2-4,10,15H,5-7,14H2,1H3. The fourth-order valence-corrected chi connectivity index (χ4v) is 2.39. The van der Waals surface area contributed by atoms with Crippen LogP contribution in [0.3, 0.4) is 0 Å². The van der Waals surface area contributed by atoms with Crippen LogP contribution in [-0.4, -0.2) is 37.6 Å². The largest absolute Gasteiger partial charge is 0.499 e. The zero-order valence-corrected chi connectivity index (χ0v) is 10.3. The quantitative estimate of drug-likeness (QED) is 0.696. The summed E-state index contributed by atoms with van der Waals surface area (Å²) in [6, 6.07) is 5.79. The number of aliphatic hydroxyl groups excluding tert-OH is 1. The third-order valence-electron chi connectivity index (χ3n) is 3.44. The van der Waals surface area contributed by atoms with E-state index in [-0.39, 0.29) is 12.7 Å². The SMILES string of the molecule is CC1(CO)COc2cccc3c2B(OC3CN)O1. The van der Waals surface area contributed by atoms with Crippen molar-refractivity contribution >= 4 is 12.6 Å². The van der Waals surface area contributed by atoms with Crippen molar-refractivity contribution in [3.63, 3.8) is 0 Å². The first-order valence-corrected chi connectivity index (χ1v) is 6.07.